The Bertz CT molecular complexity index is 794. The predicted molar refractivity (Wildman–Crippen MR) is 98.0 cm³/mol. The molecule has 0 radical (unpaired) electrons. The van der Waals surface area contributed by atoms with Gasteiger partial charge in [-0.2, -0.15) is 5.10 Å². The summed E-state index contributed by atoms with van der Waals surface area (Å²) in [6.07, 6.45) is 2.02. The molecule has 2 aromatic rings. The topological polar surface area (TPSA) is 47.4 Å². The molecule has 1 aliphatic rings. The number of ether oxygens (including phenoxy) is 1. The van der Waals surface area contributed by atoms with Crippen molar-refractivity contribution in [3.05, 3.63) is 46.3 Å². The SMILES string of the molecule is CCOc1ccc(C(=O)N2CCCC2c2c(C)nn(C)c2C)cc1C. The smallest absolute Gasteiger partial charge is 0.254 e. The molecule has 1 atom stereocenters. The average molecular weight is 341 g/mol. The molecule has 0 spiro atoms. The number of hydrogen-bond donors (Lipinski definition) is 0. The summed E-state index contributed by atoms with van der Waals surface area (Å²) < 4.78 is 7.49. The van der Waals surface area contributed by atoms with Gasteiger partial charge in [0.2, 0.25) is 0 Å². The Morgan fingerprint density at radius 3 is 2.68 bits per heavy atom. The van der Waals surface area contributed by atoms with Crippen LogP contribution in [0.1, 0.15) is 58.7 Å². The van der Waals surface area contributed by atoms with Crippen LogP contribution in [0.15, 0.2) is 18.2 Å². The van der Waals surface area contributed by atoms with E-state index in [9.17, 15) is 4.79 Å². The van der Waals surface area contributed by atoms with Crippen molar-refractivity contribution in [3.8, 4) is 5.75 Å². The number of carbonyl (C=O) groups excluding carboxylic acids is 1. The van der Waals surface area contributed by atoms with Crippen LogP contribution in [0.2, 0.25) is 0 Å². The third kappa shape index (κ3) is 3.15. The molecule has 0 saturated carbocycles. The molecule has 3 rings (SSSR count). The van der Waals surface area contributed by atoms with Crippen LogP contribution in [-0.4, -0.2) is 33.7 Å². The van der Waals surface area contributed by atoms with E-state index in [1.807, 2.05) is 55.6 Å². The Morgan fingerprint density at radius 1 is 1.32 bits per heavy atom. The molecule has 0 N–H and O–H groups in total. The molecule has 25 heavy (non-hydrogen) atoms. The van der Waals surface area contributed by atoms with Crippen LogP contribution in [0.5, 0.6) is 5.75 Å². The zero-order chi connectivity index (χ0) is 18.1. The minimum atomic E-state index is 0.0938. The lowest BCUT2D eigenvalue weighted by atomic mass is 10.0. The lowest BCUT2D eigenvalue weighted by Gasteiger charge is -2.26. The lowest BCUT2D eigenvalue weighted by Crippen LogP contribution is -2.31. The Morgan fingerprint density at radius 2 is 2.08 bits per heavy atom. The fourth-order valence-corrected chi connectivity index (χ4v) is 3.85. The van der Waals surface area contributed by atoms with Crippen LogP contribution in [0, 0.1) is 20.8 Å². The quantitative estimate of drug-likeness (QED) is 0.851. The molecule has 1 aromatic carbocycles. The highest BCUT2D eigenvalue weighted by Gasteiger charge is 2.34. The van der Waals surface area contributed by atoms with E-state index in [-0.39, 0.29) is 11.9 Å². The van der Waals surface area contributed by atoms with Gasteiger partial charge in [-0.3, -0.25) is 9.48 Å². The van der Waals surface area contributed by atoms with E-state index in [0.29, 0.717) is 6.61 Å². The fourth-order valence-electron chi connectivity index (χ4n) is 3.85. The highest BCUT2D eigenvalue weighted by Crippen LogP contribution is 2.36. The number of aryl methyl sites for hydroxylation is 3. The molecular formula is C20H27N3O2. The number of nitrogens with zero attached hydrogens (tertiary/aromatic N) is 3. The Balaban J connectivity index is 1.90. The number of hydrogen-bond acceptors (Lipinski definition) is 3. The molecule has 1 unspecified atom stereocenters. The van der Waals surface area contributed by atoms with Crippen molar-refractivity contribution < 1.29 is 9.53 Å². The highest BCUT2D eigenvalue weighted by atomic mass is 16.5. The van der Waals surface area contributed by atoms with Gasteiger partial charge in [0, 0.05) is 30.4 Å². The van der Waals surface area contributed by atoms with Gasteiger partial charge in [0.1, 0.15) is 5.75 Å². The summed E-state index contributed by atoms with van der Waals surface area (Å²) in [5, 5.41) is 4.53. The molecule has 2 heterocycles. The predicted octanol–water partition coefficient (Wildman–Crippen LogP) is 3.72. The molecule has 1 aromatic heterocycles. The average Bonchev–Trinajstić information content (AvgIpc) is 3.14. The van der Waals surface area contributed by atoms with Crippen molar-refractivity contribution in [3.63, 3.8) is 0 Å². The van der Waals surface area contributed by atoms with Crippen LogP contribution in [0.25, 0.3) is 0 Å². The monoisotopic (exact) mass is 341 g/mol. The second-order valence-electron chi connectivity index (χ2n) is 6.78. The largest absolute Gasteiger partial charge is 0.494 e. The first-order valence-electron chi connectivity index (χ1n) is 8.98. The van der Waals surface area contributed by atoms with Crippen molar-refractivity contribution in [2.24, 2.45) is 7.05 Å². The summed E-state index contributed by atoms with van der Waals surface area (Å²) in [6.45, 7) is 9.48. The molecule has 5 heteroatoms. The van der Waals surface area contributed by atoms with Crippen molar-refractivity contribution in [1.82, 2.24) is 14.7 Å². The van der Waals surface area contributed by atoms with Crippen LogP contribution in [0.3, 0.4) is 0 Å². The summed E-state index contributed by atoms with van der Waals surface area (Å²) in [4.78, 5) is 15.1. The van der Waals surface area contributed by atoms with E-state index in [0.717, 1.165) is 47.7 Å². The number of amides is 1. The standard InChI is InChI=1S/C20H27N3O2/c1-6-25-18-10-9-16(12-13(18)2)20(24)23-11-7-8-17(23)19-14(3)21-22(5)15(19)4/h9-10,12,17H,6-8,11H2,1-5H3. The lowest BCUT2D eigenvalue weighted by molar-refractivity contribution is 0.0735. The number of aromatic nitrogens is 2. The zero-order valence-corrected chi connectivity index (χ0v) is 15.8. The molecular weight excluding hydrogens is 314 g/mol. The summed E-state index contributed by atoms with van der Waals surface area (Å²) in [5.41, 5.74) is 5.10. The van der Waals surface area contributed by atoms with Crippen molar-refractivity contribution in [1.29, 1.82) is 0 Å². The Kier molecular flexibility index (Phi) is 4.84. The number of carbonyl (C=O) groups is 1. The van der Waals surface area contributed by atoms with Gasteiger partial charge in [0.25, 0.3) is 5.91 Å². The van der Waals surface area contributed by atoms with Gasteiger partial charge in [-0.1, -0.05) is 0 Å². The van der Waals surface area contributed by atoms with Gasteiger partial charge in [0.15, 0.2) is 0 Å². The minimum Gasteiger partial charge on any atom is -0.494 e. The first-order valence-corrected chi connectivity index (χ1v) is 8.98. The van der Waals surface area contributed by atoms with Gasteiger partial charge >= 0.3 is 0 Å². The maximum Gasteiger partial charge on any atom is 0.254 e. The van der Waals surface area contributed by atoms with Crippen molar-refractivity contribution in [2.45, 2.75) is 46.6 Å². The van der Waals surface area contributed by atoms with E-state index >= 15 is 0 Å². The first kappa shape index (κ1) is 17.5. The summed E-state index contributed by atoms with van der Waals surface area (Å²) in [6, 6.07) is 5.83. The van der Waals surface area contributed by atoms with Gasteiger partial charge in [-0.05, 0) is 64.3 Å². The zero-order valence-electron chi connectivity index (χ0n) is 15.8. The third-order valence-corrected chi connectivity index (χ3v) is 5.13. The molecule has 134 valence electrons. The van der Waals surface area contributed by atoms with Crippen LogP contribution in [0.4, 0.5) is 0 Å². The maximum atomic E-state index is 13.1. The van der Waals surface area contributed by atoms with E-state index in [1.54, 1.807) is 0 Å². The minimum absolute atomic E-state index is 0.0938. The van der Waals surface area contributed by atoms with E-state index in [2.05, 4.69) is 12.0 Å². The molecule has 1 saturated heterocycles. The molecule has 1 fully saturated rings. The molecule has 0 bridgehead atoms. The molecule has 5 nitrogen and oxygen atoms in total. The van der Waals surface area contributed by atoms with Gasteiger partial charge in [0.05, 0.1) is 18.3 Å². The van der Waals surface area contributed by atoms with Gasteiger partial charge in [-0.25, -0.2) is 0 Å². The summed E-state index contributed by atoms with van der Waals surface area (Å²) >= 11 is 0. The highest BCUT2D eigenvalue weighted by molar-refractivity contribution is 5.95. The molecule has 1 aliphatic heterocycles. The van der Waals surface area contributed by atoms with Crippen molar-refractivity contribution in [2.75, 3.05) is 13.2 Å². The van der Waals surface area contributed by atoms with E-state index in [4.69, 9.17) is 4.74 Å². The third-order valence-electron chi connectivity index (χ3n) is 5.13. The number of likely N-dealkylation sites (tertiary alicyclic amines) is 1. The maximum absolute atomic E-state index is 13.1. The first-order chi connectivity index (χ1) is 11.9. The summed E-state index contributed by atoms with van der Waals surface area (Å²) in [7, 11) is 1.96. The second kappa shape index (κ2) is 6.90. The Hall–Kier alpha value is -2.30. The fraction of sp³-hybridized carbons (Fsp3) is 0.500. The van der Waals surface area contributed by atoms with Gasteiger partial charge < -0.3 is 9.64 Å². The van der Waals surface area contributed by atoms with E-state index < -0.39 is 0 Å². The molecule has 0 aliphatic carbocycles. The van der Waals surface area contributed by atoms with Crippen LogP contribution in [-0.2, 0) is 7.05 Å². The van der Waals surface area contributed by atoms with Gasteiger partial charge in [-0.15, -0.1) is 0 Å². The van der Waals surface area contributed by atoms with Crippen molar-refractivity contribution >= 4 is 5.91 Å². The number of rotatable bonds is 4. The van der Waals surface area contributed by atoms with E-state index in [1.165, 1.54) is 5.56 Å². The van der Waals surface area contributed by atoms with Crippen LogP contribution >= 0.6 is 0 Å². The molecule has 1 amide bonds. The van der Waals surface area contributed by atoms with Crippen LogP contribution < -0.4 is 4.74 Å². The summed E-state index contributed by atoms with van der Waals surface area (Å²) in [5.74, 6) is 0.937. The Labute approximate surface area is 149 Å². The second-order valence-corrected chi connectivity index (χ2v) is 6.78. The number of benzene rings is 1. The normalized spacial score (nSPS) is 17.2.